The lowest BCUT2D eigenvalue weighted by Crippen LogP contribution is -1.92. The van der Waals surface area contributed by atoms with Crippen LogP contribution in [0.2, 0.25) is 0 Å². The van der Waals surface area contributed by atoms with E-state index in [2.05, 4.69) is 15.9 Å². The van der Waals surface area contributed by atoms with Crippen molar-refractivity contribution in [2.24, 2.45) is 0 Å². The van der Waals surface area contributed by atoms with Gasteiger partial charge in [-0.2, -0.15) is 0 Å². The van der Waals surface area contributed by atoms with Crippen molar-refractivity contribution in [1.82, 2.24) is 0 Å². The molecule has 0 atom stereocenters. The lowest BCUT2D eigenvalue weighted by atomic mass is 9.96. The monoisotopic (exact) mass is 313 g/mol. The van der Waals surface area contributed by atoms with Gasteiger partial charge in [0.05, 0.1) is 5.69 Å². The number of nitrogen functional groups attached to an aromatic ring is 1. The summed E-state index contributed by atoms with van der Waals surface area (Å²) in [6.45, 7) is 0. The van der Waals surface area contributed by atoms with Gasteiger partial charge in [0, 0.05) is 15.6 Å². The van der Waals surface area contributed by atoms with E-state index >= 15 is 0 Å². The first-order valence-corrected chi connectivity index (χ1v) is 6.73. The maximum absolute atomic E-state index is 10.2. The van der Waals surface area contributed by atoms with Gasteiger partial charge in [-0.05, 0) is 38.8 Å². The van der Waals surface area contributed by atoms with Crippen molar-refractivity contribution < 1.29 is 5.11 Å². The van der Waals surface area contributed by atoms with Gasteiger partial charge in [0.15, 0.2) is 0 Å². The second-order valence-electron chi connectivity index (χ2n) is 4.38. The highest BCUT2D eigenvalue weighted by Gasteiger charge is 2.13. The molecule has 19 heavy (non-hydrogen) atoms. The molecule has 0 bridgehead atoms. The van der Waals surface area contributed by atoms with Crippen LogP contribution < -0.4 is 5.73 Å². The first-order valence-electron chi connectivity index (χ1n) is 5.93. The molecule has 3 heteroatoms. The topological polar surface area (TPSA) is 46.2 Å². The van der Waals surface area contributed by atoms with Crippen LogP contribution in [-0.4, -0.2) is 5.11 Å². The first-order chi connectivity index (χ1) is 9.18. The van der Waals surface area contributed by atoms with Gasteiger partial charge >= 0.3 is 0 Å². The van der Waals surface area contributed by atoms with E-state index < -0.39 is 0 Å². The van der Waals surface area contributed by atoms with Crippen molar-refractivity contribution in [2.75, 3.05) is 5.73 Å². The smallest absolute Gasteiger partial charge is 0.124 e. The number of phenols is 1. The first kappa shape index (κ1) is 12.1. The minimum atomic E-state index is 0.239. The van der Waals surface area contributed by atoms with Crippen molar-refractivity contribution >= 4 is 32.4 Å². The lowest BCUT2D eigenvalue weighted by Gasteiger charge is -2.12. The Balaban J connectivity index is 2.42. The molecule has 0 saturated heterocycles. The van der Waals surface area contributed by atoms with Gasteiger partial charge in [-0.3, -0.25) is 0 Å². The Morgan fingerprint density at radius 2 is 1.68 bits per heavy atom. The summed E-state index contributed by atoms with van der Waals surface area (Å²) in [5, 5.41) is 12.3. The quantitative estimate of drug-likeness (QED) is 0.647. The number of aromatic hydroxyl groups is 1. The molecular formula is C16H12BrNO. The number of halogens is 1. The molecular weight excluding hydrogens is 302 g/mol. The molecule has 94 valence electrons. The van der Waals surface area contributed by atoms with E-state index in [1.165, 1.54) is 0 Å². The Morgan fingerprint density at radius 1 is 0.895 bits per heavy atom. The highest BCUT2D eigenvalue weighted by Crippen LogP contribution is 2.40. The molecule has 0 unspecified atom stereocenters. The van der Waals surface area contributed by atoms with E-state index in [1.54, 1.807) is 6.07 Å². The number of benzene rings is 3. The Kier molecular flexibility index (Phi) is 2.91. The van der Waals surface area contributed by atoms with Crippen LogP contribution in [0.5, 0.6) is 5.75 Å². The van der Waals surface area contributed by atoms with Crippen LogP contribution in [0.25, 0.3) is 21.9 Å². The van der Waals surface area contributed by atoms with Crippen LogP contribution in [0.3, 0.4) is 0 Å². The number of para-hydroxylation sites is 1. The van der Waals surface area contributed by atoms with Gasteiger partial charge in [-0.25, -0.2) is 0 Å². The van der Waals surface area contributed by atoms with Gasteiger partial charge in [0.1, 0.15) is 5.75 Å². The Hall–Kier alpha value is -2.00. The number of fused-ring (bicyclic) bond motifs is 1. The van der Waals surface area contributed by atoms with Crippen molar-refractivity contribution in [1.29, 1.82) is 0 Å². The Bertz CT molecular complexity index is 768. The maximum atomic E-state index is 10.2. The molecule has 0 aliphatic carbocycles. The molecule has 0 amide bonds. The molecule has 0 aliphatic rings. The number of nitrogens with two attached hydrogens (primary N) is 1. The number of anilines is 1. The predicted molar refractivity (Wildman–Crippen MR) is 83.2 cm³/mol. The van der Waals surface area contributed by atoms with Crippen LogP contribution in [-0.2, 0) is 0 Å². The summed E-state index contributed by atoms with van der Waals surface area (Å²) in [6.07, 6.45) is 0. The fourth-order valence-electron chi connectivity index (χ4n) is 2.30. The summed E-state index contributed by atoms with van der Waals surface area (Å²) < 4.78 is 0.831. The maximum Gasteiger partial charge on any atom is 0.124 e. The largest absolute Gasteiger partial charge is 0.507 e. The molecule has 0 heterocycles. The second-order valence-corrected chi connectivity index (χ2v) is 5.24. The SMILES string of the molecule is Nc1c(Br)cccc1-c1c(O)ccc2ccccc12. The molecule has 0 spiro atoms. The standard InChI is InChI=1S/C16H12BrNO/c17-13-7-3-6-12(16(13)18)15-11-5-2-1-4-10(11)8-9-14(15)19/h1-9,19H,18H2. The van der Waals surface area contributed by atoms with E-state index in [9.17, 15) is 5.11 Å². The van der Waals surface area contributed by atoms with E-state index in [0.717, 1.165) is 26.4 Å². The lowest BCUT2D eigenvalue weighted by molar-refractivity contribution is 0.478. The third-order valence-electron chi connectivity index (χ3n) is 3.23. The summed E-state index contributed by atoms with van der Waals surface area (Å²) >= 11 is 3.43. The third kappa shape index (κ3) is 1.96. The highest BCUT2D eigenvalue weighted by molar-refractivity contribution is 9.10. The molecule has 2 nitrogen and oxygen atoms in total. The Labute approximate surface area is 119 Å². The van der Waals surface area contributed by atoms with Gasteiger partial charge in [-0.15, -0.1) is 0 Å². The van der Waals surface area contributed by atoms with Gasteiger partial charge in [0.25, 0.3) is 0 Å². The molecule has 0 aliphatic heterocycles. The summed E-state index contributed by atoms with van der Waals surface area (Å²) in [5.74, 6) is 0.239. The average molecular weight is 314 g/mol. The van der Waals surface area contributed by atoms with E-state index in [1.807, 2.05) is 48.5 Å². The minimum absolute atomic E-state index is 0.239. The number of rotatable bonds is 1. The summed E-state index contributed by atoms with van der Waals surface area (Å²) in [7, 11) is 0. The molecule has 0 aromatic heterocycles. The average Bonchev–Trinajstić information content (AvgIpc) is 2.43. The van der Waals surface area contributed by atoms with Crippen molar-refractivity contribution in [3.8, 4) is 16.9 Å². The zero-order valence-corrected chi connectivity index (χ0v) is 11.7. The van der Waals surface area contributed by atoms with Crippen LogP contribution >= 0.6 is 15.9 Å². The third-order valence-corrected chi connectivity index (χ3v) is 3.92. The van der Waals surface area contributed by atoms with Gasteiger partial charge in [0.2, 0.25) is 0 Å². The van der Waals surface area contributed by atoms with Gasteiger partial charge < -0.3 is 10.8 Å². The van der Waals surface area contributed by atoms with E-state index in [0.29, 0.717) is 5.69 Å². The fourth-order valence-corrected chi connectivity index (χ4v) is 2.66. The van der Waals surface area contributed by atoms with E-state index in [-0.39, 0.29) is 5.75 Å². The zero-order chi connectivity index (χ0) is 13.4. The van der Waals surface area contributed by atoms with Crippen LogP contribution in [0.1, 0.15) is 0 Å². The minimum Gasteiger partial charge on any atom is -0.507 e. The molecule has 0 radical (unpaired) electrons. The van der Waals surface area contributed by atoms with Crippen LogP contribution in [0.15, 0.2) is 59.1 Å². The van der Waals surface area contributed by atoms with Crippen LogP contribution in [0.4, 0.5) is 5.69 Å². The predicted octanol–water partition coefficient (Wildman–Crippen LogP) is 4.56. The fraction of sp³-hybridized carbons (Fsp3) is 0. The summed E-state index contributed by atoms with van der Waals surface area (Å²) in [5.41, 5.74) is 8.36. The molecule has 3 rings (SSSR count). The molecule has 0 fully saturated rings. The summed E-state index contributed by atoms with van der Waals surface area (Å²) in [6, 6.07) is 17.3. The normalized spacial score (nSPS) is 10.8. The molecule has 3 N–H and O–H groups in total. The Morgan fingerprint density at radius 3 is 2.53 bits per heavy atom. The summed E-state index contributed by atoms with van der Waals surface area (Å²) in [4.78, 5) is 0. The highest BCUT2D eigenvalue weighted by atomic mass is 79.9. The molecule has 3 aromatic rings. The van der Waals surface area contributed by atoms with Crippen molar-refractivity contribution in [3.05, 3.63) is 59.1 Å². The van der Waals surface area contributed by atoms with E-state index in [4.69, 9.17) is 5.73 Å². The van der Waals surface area contributed by atoms with Crippen molar-refractivity contribution in [3.63, 3.8) is 0 Å². The molecule has 0 saturated carbocycles. The van der Waals surface area contributed by atoms with Gasteiger partial charge in [-0.1, -0.05) is 42.5 Å². The molecule has 3 aromatic carbocycles. The second kappa shape index (κ2) is 4.59. The van der Waals surface area contributed by atoms with Crippen LogP contribution in [0, 0.1) is 0 Å². The number of phenolic OH excluding ortho intramolecular Hbond substituents is 1. The number of hydrogen-bond donors (Lipinski definition) is 2. The van der Waals surface area contributed by atoms with Crippen molar-refractivity contribution in [2.45, 2.75) is 0 Å². The number of hydrogen-bond acceptors (Lipinski definition) is 2. The zero-order valence-electron chi connectivity index (χ0n) is 10.1.